The van der Waals surface area contributed by atoms with Crippen molar-refractivity contribution >= 4 is 17.9 Å². The highest BCUT2D eigenvalue weighted by Gasteiger charge is 2.23. The smallest absolute Gasteiger partial charge is 0.306 e. The first kappa shape index (κ1) is 44.4. The summed E-state index contributed by atoms with van der Waals surface area (Å²) in [6.07, 6.45) is 26.2. The molecule has 1 aliphatic heterocycles. The van der Waals surface area contributed by atoms with Crippen LogP contribution in [0.2, 0.25) is 0 Å². The lowest BCUT2D eigenvalue weighted by molar-refractivity contribution is -0.152. The Bertz CT molecular complexity index is 742. The summed E-state index contributed by atoms with van der Waals surface area (Å²) in [5.41, 5.74) is 0. The summed E-state index contributed by atoms with van der Waals surface area (Å²) in [4.78, 5) is 40.2. The molecule has 0 aliphatic carbocycles. The molecule has 0 spiro atoms. The van der Waals surface area contributed by atoms with Crippen LogP contribution in [0.4, 0.5) is 0 Å². The van der Waals surface area contributed by atoms with E-state index in [9.17, 15) is 14.4 Å². The van der Waals surface area contributed by atoms with E-state index in [1.807, 2.05) is 0 Å². The predicted molar refractivity (Wildman–Crippen MR) is 198 cm³/mol. The fourth-order valence-corrected chi connectivity index (χ4v) is 6.90. The summed E-state index contributed by atoms with van der Waals surface area (Å²) in [5, 5.41) is 0. The van der Waals surface area contributed by atoms with Crippen molar-refractivity contribution in [3.63, 3.8) is 0 Å². The fraction of sp³-hybridized carbons (Fsp3) is 0.927. The first-order chi connectivity index (χ1) is 23.3. The van der Waals surface area contributed by atoms with Gasteiger partial charge in [-0.2, -0.15) is 0 Å². The normalized spacial score (nSPS) is 15.4. The number of unbranched alkanes of at least 4 members (excludes halogenated alkanes) is 10. The number of hydrogen-bond acceptors (Lipinski definition) is 7. The number of hydrogen-bond donors (Lipinski definition) is 0. The van der Waals surface area contributed by atoms with E-state index in [1.54, 1.807) is 0 Å². The van der Waals surface area contributed by atoms with Crippen molar-refractivity contribution in [1.82, 2.24) is 4.90 Å². The monoisotopic (exact) mass is 680 g/mol. The van der Waals surface area contributed by atoms with Crippen molar-refractivity contribution in [2.24, 2.45) is 5.92 Å². The molecule has 0 aromatic rings. The Hall–Kier alpha value is -1.63. The molecule has 1 heterocycles. The molecule has 0 aromatic carbocycles. The highest BCUT2D eigenvalue weighted by molar-refractivity contribution is 5.70. The highest BCUT2D eigenvalue weighted by atomic mass is 16.6. The lowest BCUT2D eigenvalue weighted by atomic mass is 9.95. The number of ether oxygens (including phenoxy) is 3. The molecule has 0 saturated carbocycles. The maximum atomic E-state index is 12.9. The maximum Gasteiger partial charge on any atom is 0.306 e. The van der Waals surface area contributed by atoms with Gasteiger partial charge in [0.25, 0.3) is 0 Å². The molecule has 1 saturated heterocycles. The Morgan fingerprint density at radius 3 is 1.31 bits per heavy atom. The van der Waals surface area contributed by atoms with Gasteiger partial charge < -0.3 is 19.1 Å². The van der Waals surface area contributed by atoms with Gasteiger partial charge in [0, 0.05) is 25.8 Å². The molecular formula is C41H77NO6. The average molecular weight is 680 g/mol. The number of carbonyl (C=O) groups excluding carboxylic acids is 3. The van der Waals surface area contributed by atoms with E-state index in [0.29, 0.717) is 25.2 Å². The summed E-state index contributed by atoms with van der Waals surface area (Å²) in [6.45, 7) is 10.8. The Morgan fingerprint density at radius 2 is 0.917 bits per heavy atom. The SMILES string of the molecule is CCCCC(CCCC)OC(=O)CCCCCCC(CCCCCCC(=O)OC(CCCC)CCCC)OC(=O)CC1CCCN(C)C1. The van der Waals surface area contributed by atoms with Gasteiger partial charge in [-0.25, -0.2) is 0 Å². The Morgan fingerprint density at radius 1 is 0.542 bits per heavy atom. The Kier molecular flexibility index (Phi) is 27.9. The molecule has 0 radical (unpaired) electrons. The standard InChI is InChI=1S/C41H77NO6/c1-6-10-24-36(25-11-7-2)46-39(43)30-20-16-14-18-28-38(48-41(45)33-35-23-22-32-42(5)34-35)29-19-15-17-21-31-40(44)47-37(26-12-8-3)27-13-9-4/h35-38H,6-34H2,1-5H3. The van der Waals surface area contributed by atoms with E-state index in [2.05, 4.69) is 39.6 Å². The summed E-state index contributed by atoms with van der Waals surface area (Å²) in [5.74, 6) is 0.248. The topological polar surface area (TPSA) is 82.1 Å². The largest absolute Gasteiger partial charge is 0.462 e. The van der Waals surface area contributed by atoms with Gasteiger partial charge in [-0.1, -0.05) is 105 Å². The van der Waals surface area contributed by atoms with E-state index < -0.39 is 0 Å². The van der Waals surface area contributed by atoms with Crippen molar-refractivity contribution in [3.8, 4) is 0 Å². The van der Waals surface area contributed by atoms with E-state index in [1.165, 1.54) is 0 Å². The summed E-state index contributed by atoms with van der Waals surface area (Å²) in [7, 11) is 2.13. The maximum absolute atomic E-state index is 12.9. The summed E-state index contributed by atoms with van der Waals surface area (Å²) < 4.78 is 17.7. The fourth-order valence-electron chi connectivity index (χ4n) is 6.90. The second-order valence-corrected chi connectivity index (χ2v) is 14.8. The third kappa shape index (κ3) is 24.5. The summed E-state index contributed by atoms with van der Waals surface area (Å²) >= 11 is 0. The van der Waals surface area contributed by atoms with Gasteiger partial charge in [0.15, 0.2) is 0 Å². The van der Waals surface area contributed by atoms with Crippen molar-refractivity contribution < 1.29 is 28.6 Å². The van der Waals surface area contributed by atoms with Crippen molar-refractivity contribution in [2.45, 2.75) is 219 Å². The van der Waals surface area contributed by atoms with E-state index >= 15 is 0 Å². The molecule has 1 aliphatic rings. The zero-order chi connectivity index (χ0) is 35.2. The lowest BCUT2D eigenvalue weighted by Gasteiger charge is -2.29. The molecule has 7 nitrogen and oxygen atoms in total. The molecule has 0 N–H and O–H groups in total. The Labute approximate surface area is 296 Å². The van der Waals surface area contributed by atoms with Crippen LogP contribution in [0, 0.1) is 5.92 Å². The summed E-state index contributed by atoms with van der Waals surface area (Å²) in [6, 6.07) is 0. The first-order valence-corrected chi connectivity index (χ1v) is 20.6. The third-order valence-corrected chi connectivity index (χ3v) is 9.90. The van der Waals surface area contributed by atoms with Gasteiger partial charge in [0.1, 0.15) is 18.3 Å². The minimum absolute atomic E-state index is 0.0477. The zero-order valence-electron chi connectivity index (χ0n) is 32.2. The molecule has 1 rings (SSSR count). The number of piperidine rings is 1. The van der Waals surface area contributed by atoms with Crippen LogP contribution < -0.4 is 0 Å². The number of nitrogens with zero attached hydrogens (tertiary/aromatic N) is 1. The quantitative estimate of drug-likeness (QED) is 0.0410. The van der Waals surface area contributed by atoms with Gasteiger partial charge in [-0.15, -0.1) is 0 Å². The van der Waals surface area contributed by atoms with Gasteiger partial charge in [-0.05, 0) is 96.6 Å². The van der Waals surface area contributed by atoms with Crippen LogP contribution in [-0.2, 0) is 28.6 Å². The highest BCUT2D eigenvalue weighted by Crippen LogP contribution is 2.22. The van der Waals surface area contributed by atoms with Crippen molar-refractivity contribution in [2.75, 3.05) is 20.1 Å². The van der Waals surface area contributed by atoms with Crippen LogP contribution in [0.15, 0.2) is 0 Å². The molecule has 1 fully saturated rings. The second kappa shape index (κ2) is 30.2. The van der Waals surface area contributed by atoms with Crippen LogP contribution in [0.3, 0.4) is 0 Å². The van der Waals surface area contributed by atoms with Gasteiger partial charge in [-0.3, -0.25) is 14.4 Å². The molecule has 7 heteroatoms. The minimum Gasteiger partial charge on any atom is -0.462 e. The van der Waals surface area contributed by atoms with Crippen molar-refractivity contribution in [1.29, 1.82) is 0 Å². The number of esters is 3. The predicted octanol–water partition coefficient (Wildman–Crippen LogP) is 10.9. The van der Waals surface area contributed by atoms with Crippen LogP contribution in [0.5, 0.6) is 0 Å². The molecule has 0 amide bonds. The van der Waals surface area contributed by atoms with Crippen LogP contribution in [0.1, 0.15) is 201 Å². The molecule has 0 bridgehead atoms. The van der Waals surface area contributed by atoms with Crippen molar-refractivity contribution in [3.05, 3.63) is 0 Å². The van der Waals surface area contributed by atoms with Crippen LogP contribution in [0.25, 0.3) is 0 Å². The molecule has 48 heavy (non-hydrogen) atoms. The third-order valence-electron chi connectivity index (χ3n) is 9.90. The van der Waals surface area contributed by atoms with E-state index in [4.69, 9.17) is 14.2 Å². The number of likely N-dealkylation sites (tertiary alicyclic amines) is 1. The lowest BCUT2D eigenvalue weighted by Crippen LogP contribution is -2.33. The van der Waals surface area contributed by atoms with Gasteiger partial charge >= 0.3 is 17.9 Å². The van der Waals surface area contributed by atoms with E-state index in [0.717, 1.165) is 167 Å². The van der Waals surface area contributed by atoms with Gasteiger partial charge in [0.05, 0.1) is 0 Å². The number of carbonyl (C=O) groups is 3. The van der Waals surface area contributed by atoms with Gasteiger partial charge in [0.2, 0.25) is 0 Å². The minimum atomic E-state index is -0.0514. The first-order valence-electron chi connectivity index (χ1n) is 20.6. The second-order valence-electron chi connectivity index (χ2n) is 14.8. The van der Waals surface area contributed by atoms with Crippen LogP contribution in [-0.4, -0.2) is 61.3 Å². The molecular weight excluding hydrogens is 602 g/mol. The molecule has 1 atom stereocenters. The number of rotatable bonds is 31. The van der Waals surface area contributed by atoms with E-state index in [-0.39, 0.29) is 36.2 Å². The molecule has 0 aromatic heterocycles. The average Bonchev–Trinajstić information content (AvgIpc) is 3.06. The Balaban J connectivity index is 2.43. The molecule has 1 unspecified atom stereocenters. The van der Waals surface area contributed by atoms with Crippen LogP contribution >= 0.6 is 0 Å². The zero-order valence-corrected chi connectivity index (χ0v) is 32.2. The molecule has 282 valence electrons.